The molecule has 0 atom stereocenters. The Kier molecular flexibility index (Phi) is 3.89. The lowest BCUT2D eigenvalue weighted by molar-refractivity contribution is -0.0373. The fraction of sp³-hybridized carbons (Fsp3) is 0.333. The molecule has 0 saturated carbocycles. The lowest BCUT2D eigenvalue weighted by Crippen LogP contribution is -2.31. The number of aliphatic hydroxyl groups is 1. The van der Waals surface area contributed by atoms with E-state index < -0.39 is 42.2 Å². The molecule has 94 valence electrons. The van der Waals surface area contributed by atoms with E-state index in [1.807, 2.05) is 5.32 Å². The minimum absolute atomic E-state index is 0.599. The number of hydrogen-bond acceptors (Lipinski definition) is 4. The molecule has 0 aliphatic rings. The van der Waals surface area contributed by atoms with Crippen molar-refractivity contribution in [2.45, 2.75) is 5.92 Å². The number of nitrogens with zero attached hydrogens (tertiary/aromatic N) is 1. The average molecular weight is 250 g/mol. The molecule has 3 N–H and O–H groups in total. The van der Waals surface area contributed by atoms with Crippen LogP contribution < -0.4 is 5.32 Å². The lowest BCUT2D eigenvalue weighted by Gasteiger charge is -2.14. The van der Waals surface area contributed by atoms with E-state index >= 15 is 0 Å². The SMILES string of the molecule is O=C(O)c1ccnc(NCC(F)(F)CO)c1F. The van der Waals surface area contributed by atoms with E-state index in [0.29, 0.717) is 0 Å². The number of anilines is 1. The Morgan fingerprint density at radius 3 is 2.71 bits per heavy atom. The molecule has 0 aromatic carbocycles. The summed E-state index contributed by atoms with van der Waals surface area (Å²) in [5.74, 6) is -6.79. The normalized spacial score (nSPS) is 11.3. The number of aromatic carboxylic acids is 1. The number of nitrogens with one attached hydrogen (secondary N) is 1. The summed E-state index contributed by atoms with van der Waals surface area (Å²) in [5.41, 5.74) is -0.671. The molecule has 0 fully saturated rings. The van der Waals surface area contributed by atoms with Crippen LogP contribution in [0.2, 0.25) is 0 Å². The van der Waals surface area contributed by atoms with Gasteiger partial charge in [0.1, 0.15) is 12.2 Å². The van der Waals surface area contributed by atoms with E-state index in [4.69, 9.17) is 10.2 Å². The van der Waals surface area contributed by atoms with Crippen molar-refractivity contribution in [2.24, 2.45) is 0 Å². The molecule has 0 amide bonds. The molecule has 0 radical (unpaired) electrons. The van der Waals surface area contributed by atoms with Crippen LogP contribution in [0.1, 0.15) is 10.4 Å². The Labute approximate surface area is 93.9 Å². The number of rotatable bonds is 5. The first-order valence-electron chi connectivity index (χ1n) is 4.48. The van der Waals surface area contributed by atoms with Crippen LogP contribution in [-0.2, 0) is 0 Å². The highest BCUT2D eigenvalue weighted by molar-refractivity contribution is 5.88. The van der Waals surface area contributed by atoms with Crippen LogP contribution in [0.3, 0.4) is 0 Å². The van der Waals surface area contributed by atoms with Gasteiger partial charge in [-0.1, -0.05) is 0 Å². The molecule has 17 heavy (non-hydrogen) atoms. The zero-order valence-electron chi connectivity index (χ0n) is 8.45. The molecule has 0 unspecified atom stereocenters. The second-order valence-corrected chi connectivity index (χ2v) is 3.19. The monoisotopic (exact) mass is 250 g/mol. The van der Waals surface area contributed by atoms with E-state index in [9.17, 15) is 18.0 Å². The van der Waals surface area contributed by atoms with Gasteiger partial charge in [-0.25, -0.2) is 22.9 Å². The Hall–Kier alpha value is -1.83. The fourth-order valence-electron chi connectivity index (χ4n) is 1.00. The lowest BCUT2D eigenvalue weighted by atomic mass is 10.2. The Morgan fingerprint density at radius 2 is 2.18 bits per heavy atom. The van der Waals surface area contributed by atoms with Gasteiger partial charge in [0.15, 0.2) is 11.6 Å². The van der Waals surface area contributed by atoms with Crippen molar-refractivity contribution < 1.29 is 28.2 Å². The second kappa shape index (κ2) is 5.00. The summed E-state index contributed by atoms with van der Waals surface area (Å²) >= 11 is 0. The van der Waals surface area contributed by atoms with Crippen LogP contribution in [0.4, 0.5) is 19.0 Å². The molecule has 0 aliphatic carbocycles. The highest BCUT2D eigenvalue weighted by Gasteiger charge is 2.28. The number of alkyl halides is 2. The van der Waals surface area contributed by atoms with Crippen molar-refractivity contribution >= 4 is 11.8 Å². The van der Waals surface area contributed by atoms with Crippen LogP contribution in [0.25, 0.3) is 0 Å². The second-order valence-electron chi connectivity index (χ2n) is 3.19. The van der Waals surface area contributed by atoms with Gasteiger partial charge in [-0.3, -0.25) is 0 Å². The number of aliphatic hydroxyl groups excluding tert-OH is 1. The van der Waals surface area contributed by atoms with Gasteiger partial charge in [0, 0.05) is 6.20 Å². The van der Waals surface area contributed by atoms with Gasteiger partial charge in [-0.05, 0) is 6.07 Å². The molecule has 1 aromatic rings. The van der Waals surface area contributed by atoms with E-state index in [1.165, 1.54) is 0 Å². The van der Waals surface area contributed by atoms with Crippen molar-refractivity contribution in [3.05, 3.63) is 23.6 Å². The maximum atomic E-state index is 13.4. The molecule has 1 heterocycles. The van der Waals surface area contributed by atoms with Crippen molar-refractivity contribution in [2.75, 3.05) is 18.5 Å². The van der Waals surface area contributed by atoms with E-state index in [1.54, 1.807) is 0 Å². The molecule has 1 rings (SSSR count). The quantitative estimate of drug-likeness (QED) is 0.725. The van der Waals surface area contributed by atoms with Crippen LogP contribution in [0.15, 0.2) is 12.3 Å². The molecule has 0 saturated heterocycles. The first-order chi connectivity index (χ1) is 7.87. The Bertz CT molecular complexity index is 426. The number of pyridine rings is 1. The third kappa shape index (κ3) is 3.31. The Morgan fingerprint density at radius 1 is 1.53 bits per heavy atom. The first kappa shape index (κ1) is 13.2. The average Bonchev–Trinajstić information content (AvgIpc) is 2.27. The van der Waals surface area contributed by atoms with Gasteiger partial charge >= 0.3 is 5.97 Å². The molecular formula is C9H9F3N2O3. The van der Waals surface area contributed by atoms with Crippen LogP contribution in [0.5, 0.6) is 0 Å². The molecule has 5 nitrogen and oxygen atoms in total. The fourth-order valence-corrected chi connectivity index (χ4v) is 1.00. The molecular weight excluding hydrogens is 241 g/mol. The van der Waals surface area contributed by atoms with Gasteiger partial charge in [0.2, 0.25) is 0 Å². The van der Waals surface area contributed by atoms with Crippen molar-refractivity contribution in [1.82, 2.24) is 4.98 Å². The molecule has 0 aliphatic heterocycles. The van der Waals surface area contributed by atoms with Crippen LogP contribution in [0, 0.1) is 5.82 Å². The summed E-state index contributed by atoms with van der Waals surface area (Å²) in [6.45, 7) is -2.45. The smallest absolute Gasteiger partial charge is 0.338 e. The number of hydrogen-bond donors (Lipinski definition) is 3. The van der Waals surface area contributed by atoms with Crippen LogP contribution in [-0.4, -0.2) is 40.2 Å². The number of halogens is 3. The summed E-state index contributed by atoms with van der Waals surface area (Å²) in [7, 11) is 0. The predicted molar refractivity (Wildman–Crippen MR) is 51.7 cm³/mol. The van der Waals surface area contributed by atoms with Crippen molar-refractivity contribution in [3.63, 3.8) is 0 Å². The van der Waals surface area contributed by atoms with E-state index in [2.05, 4.69) is 4.98 Å². The molecule has 0 spiro atoms. The number of carboxylic acid groups (broad SMARTS) is 1. The minimum Gasteiger partial charge on any atom is -0.478 e. The predicted octanol–water partition coefficient (Wildman–Crippen LogP) is 0.958. The zero-order valence-corrected chi connectivity index (χ0v) is 8.45. The molecule has 0 bridgehead atoms. The summed E-state index contributed by atoms with van der Waals surface area (Å²) in [6, 6.07) is 0.910. The zero-order chi connectivity index (χ0) is 13.1. The van der Waals surface area contributed by atoms with Gasteiger partial charge in [-0.2, -0.15) is 0 Å². The molecule has 8 heteroatoms. The van der Waals surface area contributed by atoms with Gasteiger partial charge in [-0.15, -0.1) is 0 Å². The maximum absolute atomic E-state index is 13.4. The standard InChI is InChI=1S/C9H9F3N2O3/c10-6-5(8(16)17)1-2-13-7(6)14-3-9(11,12)4-15/h1-2,15H,3-4H2,(H,13,14)(H,16,17). The largest absolute Gasteiger partial charge is 0.478 e. The number of aromatic nitrogens is 1. The van der Waals surface area contributed by atoms with E-state index in [-0.39, 0.29) is 0 Å². The third-order valence-electron chi connectivity index (χ3n) is 1.87. The van der Waals surface area contributed by atoms with Crippen molar-refractivity contribution in [3.8, 4) is 0 Å². The number of carboxylic acids is 1. The van der Waals surface area contributed by atoms with Gasteiger partial charge < -0.3 is 15.5 Å². The van der Waals surface area contributed by atoms with Gasteiger partial charge in [0.25, 0.3) is 5.92 Å². The summed E-state index contributed by atoms with van der Waals surface area (Å²) in [5, 5.41) is 18.8. The van der Waals surface area contributed by atoms with Crippen LogP contribution >= 0.6 is 0 Å². The first-order valence-corrected chi connectivity index (χ1v) is 4.48. The maximum Gasteiger partial charge on any atom is 0.338 e. The summed E-state index contributed by atoms with van der Waals surface area (Å²) < 4.78 is 38.7. The van der Waals surface area contributed by atoms with Gasteiger partial charge in [0.05, 0.1) is 6.54 Å². The highest BCUT2D eigenvalue weighted by atomic mass is 19.3. The summed E-state index contributed by atoms with van der Waals surface area (Å²) in [6.07, 6.45) is 0.978. The number of carbonyl (C=O) groups is 1. The highest BCUT2D eigenvalue weighted by Crippen LogP contribution is 2.18. The van der Waals surface area contributed by atoms with Crippen molar-refractivity contribution in [1.29, 1.82) is 0 Å². The van der Waals surface area contributed by atoms with E-state index in [0.717, 1.165) is 12.3 Å². The Balaban J connectivity index is 2.86. The topological polar surface area (TPSA) is 82.5 Å². The third-order valence-corrected chi connectivity index (χ3v) is 1.87. The molecule has 1 aromatic heterocycles. The summed E-state index contributed by atoms with van der Waals surface area (Å²) in [4.78, 5) is 13.9. The minimum atomic E-state index is -3.44.